The number of amides is 2. The van der Waals surface area contributed by atoms with E-state index in [0.717, 1.165) is 19.4 Å². The number of aliphatic carboxylic acids is 1. The van der Waals surface area contributed by atoms with Crippen LogP contribution in [0.15, 0.2) is 0 Å². The van der Waals surface area contributed by atoms with E-state index >= 15 is 0 Å². The summed E-state index contributed by atoms with van der Waals surface area (Å²) in [5.41, 5.74) is -0.291. The van der Waals surface area contributed by atoms with E-state index in [1.807, 2.05) is 6.92 Å². The van der Waals surface area contributed by atoms with Gasteiger partial charge in [-0.1, -0.05) is 0 Å². The minimum atomic E-state index is -0.903. The summed E-state index contributed by atoms with van der Waals surface area (Å²) in [6.45, 7) is 4.54. The fourth-order valence-electron chi connectivity index (χ4n) is 2.95. The molecular formula is C14H24N2O5. The number of piperidine rings is 1. The Kier molecular flexibility index (Phi) is 5.05. The lowest BCUT2D eigenvalue weighted by Gasteiger charge is -2.42. The zero-order valence-corrected chi connectivity index (χ0v) is 12.7. The first-order valence-corrected chi connectivity index (χ1v) is 7.36. The summed E-state index contributed by atoms with van der Waals surface area (Å²) in [6.07, 6.45) is 1.37. The first kappa shape index (κ1) is 16.0. The van der Waals surface area contributed by atoms with Crippen molar-refractivity contribution in [3.8, 4) is 0 Å². The van der Waals surface area contributed by atoms with Gasteiger partial charge in [0.15, 0.2) is 0 Å². The van der Waals surface area contributed by atoms with Gasteiger partial charge >= 0.3 is 12.0 Å². The Hall–Kier alpha value is -1.34. The summed E-state index contributed by atoms with van der Waals surface area (Å²) in [4.78, 5) is 26.8. The highest BCUT2D eigenvalue weighted by Gasteiger charge is 2.36. The summed E-state index contributed by atoms with van der Waals surface area (Å²) in [5.74, 6) is -0.903. The Morgan fingerprint density at radius 2 is 2.14 bits per heavy atom. The molecule has 2 amide bonds. The van der Waals surface area contributed by atoms with Crippen molar-refractivity contribution in [3.63, 3.8) is 0 Å². The Morgan fingerprint density at radius 1 is 1.38 bits per heavy atom. The third-order valence-corrected chi connectivity index (χ3v) is 4.23. The van der Waals surface area contributed by atoms with E-state index < -0.39 is 12.1 Å². The van der Waals surface area contributed by atoms with Crippen molar-refractivity contribution in [1.82, 2.24) is 9.80 Å². The maximum absolute atomic E-state index is 12.6. The second kappa shape index (κ2) is 6.62. The number of rotatable bonds is 3. The predicted octanol–water partition coefficient (Wildman–Crippen LogP) is 0.783. The molecule has 0 aromatic carbocycles. The van der Waals surface area contributed by atoms with Crippen LogP contribution in [0.25, 0.3) is 0 Å². The molecule has 2 unspecified atom stereocenters. The number of morpholine rings is 1. The van der Waals surface area contributed by atoms with Gasteiger partial charge in [0.05, 0.1) is 31.3 Å². The standard InChI is InChI=1S/C14H24N2O5/c1-14(20-2)4-3-5-16(10-14)13(19)15-6-7-21-11(9-15)8-12(17)18/h11H,3-10H2,1-2H3,(H,17,18). The minimum absolute atomic E-state index is 0.0448. The Morgan fingerprint density at radius 3 is 2.81 bits per heavy atom. The number of carboxylic acid groups (broad SMARTS) is 1. The first-order chi connectivity index (χ1) is 9.93. The number of likely N-dealkylation sites (tertiary alicyclic amines) is 1. The third kappa shape index (κ3) is 4.07. The Bertz CT molecular complexity index is 403. The van der Waals surface area contributed by atoms with Crippen molar-refractivity contribution < 1.29 is 24.2 Å². The second-order valence-electron chi connectivity index (χ2n) is 6.00. The number of nitrogens with zero attached hydrogens (tertiary/aromatic N) is 2. The quantitative estimate of drug-likeness (QED) is 0.833. The van der Waals surface area contributed by atoms with Gasteiger partial charge in [-0.2, -0.15) is 0 Å². The van der Waals surface area contributed by atoms with Gasteiger partial charge in [0, 0.05) is 26.7 Å². The van der Waals surface area contributed by atoms with Gasteiger partial charge in [0.2, 0.25) is 0 Å². The lowest BCUT2D eigenvalue weighted by atomic mass is 9.95. The SMILES string of the molecule is COC1(C)CCCN(C(=O)N2CCOC(CC(=O)O)C2)C1. The van der Waals surface area contributed by atoms with E-state index in [0.29, 0.717) is 26.2 Å². The highest BCUT2D eigenvalue weighted by molar-refractivity contribution is 5.75. The van der Waals surface area contributed by atoms with Gasteiger partial charge in [-0.25, -0.2) is 4.79 Å². The molecule has 120 valence electrons. The molecule has 2 aliphatic heterocycles. The van der Waals surface area contributed by atoms with E-state index in [1.165, 1.54) is 0 Å². The van der Waals surface area contributed by atoms with Gasteiger partial charge in [-0.15, -0.1) is 0 Å². The maximum atomic E-state index is 12.6. The van der Waals surface area contributed by atoms with E-state index in [4.69, 9.17) is 14.6 Å². The minimum Gasteiger partial charge on any atom is -0.481 e. The van der Waals surface area contributed by atoms with Crippen LogP contribution >= 0.6 is 0 Å². The maximum Gasteiger partial charge on any atom is 0.320 e. The van der Waals surface area contributed by atoms with Crippen LogP contribution < -0.4 is 0 Å². The normalized spacial score (nSPS) is 30.3. The summed E-state index contributed by atoms with van der Waals surface area (Å²) in [5, 5.41) is 8.83. The summed E-state index contributed by atoms with van der Waals surface area (Å²) >= 11 is 0. The molecule has 2 heterocycles. The van der Waals surface area contributed by atoms with Crippen LogP contribution in [0, 0.1) is 0 Å². The van der Waals surface area contributed by atoms with Crippen LogP contribution in [0.1, 0.15) is 26.2 Å². The van der Waals surface area contributed by atoms with Crippen LogP contribution in [0.5, 0.6) is 0 Å². The molecule has 0 saturated carbocycles. The van der Waals surface area contributed by atoms with Crippen LogP contribution in [-0.2, 0) is 14.3 Å². The molecule has 2 aliphatic rings. The highest BCUT2D eigenvalue weighted by Crippen LogP contribution is 2.25. The molecule has 7 heteroatoms. The second-order valence-corrected chi connectivity index (χ2v) is 6.00. The average molecular weight is 300 g/mol. The Balaban J connectivity index is 1.94. The molecule has 7 nitrogen and oxygen atoms in total. The molecule has 2 fully saturated rings. The molecule has 0 radical (unpaired) electrons. The molecule has 0 aromatic heterocycles. The van der Waals surface area contributed by atoms with Crippen molar-refractivity contribution in [1.29, 1.82) is 0 Å². The van der Waals surface area contributed by atoms with Crippen molar-refractivity contribution >= 4 is 12.0 Å². The van der Waals surface area contributed by atoms with Gasteiger partial charge in [0.1, 0.15) is 0 Å². The molecule has 21 heavy (non-hydrogen) atoms. The number of hydrogen-bond acceptors (Lipinski definition) is 4. The highest BCUT2D eigenvalue weighted by atomic mass is 16.5. The van der Waals surface area contributed by atoms with Gasteiger partial charge in [-0.3, -0.25) is 4.79 Å². The molecular weight excluding hydrogens is 276 g/mol. The molecule has 2 atom stereocenters. The molecule has 0 spiro atoms. The zero-order chi connectivity index (χ0) is 15.5. The lowest BCUT2D eigenvalue weighted by molar-refractivity contribution is -0.141. The third-order valence-electron chi connectivity index (χ3n) is 4.23. The van der Waals surface area contributed by atoms with Crippen molar-refractivity contribution in [2.24, 2.45) is 0 Å². The number of methoxy groups -OCH3 is 1. The van der Waals surface area contributed by atoms with Gasteiger partial charge in [-0.05, 0) is 19.8 Å². The molecule has 0 aliphatic carbocycles. The number of carbonyl (C=O) groups is 2. The largest absolute Gasteiger partial charge is 0.481 e. The van der Waals surface area contributed by atoms with Gasteiger partial charge in [0.25, 0.3) is 0 Å². The number of urea groups is 1. The zero-order valence-electron chi connectivity index (χ0n) is 12.7. The van der Waals surface area contributed by atoms with Crippen LogP contribution in [0.2, 0.25) is 0 Å². The summed E-state index contributed by atoms with van der Waals surface area (Å²) in [7, 11) is 1.67. The number of carbonyl (C=O) groups excluding carboxylic acids is 1. The van der Waals surface area contributed by atoms with Crippen LogP contribution in [-0.4, -0.2) is 78.5 Å². The number of carboxylic acids is 1. The first-order valence-electron chi connectivity index (χ1n) is 7.36. The van der Waals surface area contributed by atoms with Gasteiger partial charge < -0.3 is 24.4 Å². The van der Waals surface area contributed by atoms with Crippen molar-refractivity contribution in [3.05, 3.63) is 0 Å². The summed E-state index contributed by atoms with van der Waals surface area (Å²) < 4.78 is 10.9. The van der Waals surface area contributed by atoms with E-state index in [9.17, 15) is 9.59 Å². The molecule has 2 rings (SSSR count). The van der Waals surface area contributed by atoms with Crippen molar-refractivity contribution in [2.45, 2.75) is 37.9 Å². The molecule has 0 aromatic rings. The topological polar surface area (TPSA) is 79.3 Å². The summed E-state index contributed by atoms with van der Waals surface area (Å²) in [6, 6.07) is -0.0448. The number of ether oxygens (including phenoxy) is 2. The number of hydrogen-bond donors (Lipinski definition) is 1. The Labute approximate surface area is 124 Å². The molecule has 2 saturated heterocycles. The molecule has 0 bridgehead atoms. The van der Waals surface area contributed by atoms with Crippen LogP contribution in [0.4, 0.5) is 4.79 Å². The monoisotopic (exact) mass is 300 g/mol. The van der Waals surface area contributed by atoms with E-state index in [1.54, 1.807) is 16.9 Å². The fraction of sp³-hybridized carbons (Fsp3) is 0.857. The average Bonchev–Trinajstić information content (AvgIpc) is 2.46. The van der Waals surface area contributed by atoms with Crippen molar-refractivity contribution in [2.75, 3.05) is 39.9 Å². The smallest absolute Gasteiger partial charge is 0.320 e. The lowest BCUT2D eigenvalue weighted by Crippen LogP contribution is -2.56. The van der Waals surface area contributed by atoms with E-state index in [-0.39, 0.29) is 18.1 Å². The molecule has 1 N–H and O–H groups in total. The van der Waals surface area contributed by atoms with Crippen LogP contribution in [0.3, 0.4) is 0 Å². The predicted molar refractivity (Wildman–Crippen MR) is 75.2 cm³/mol. The van der Waals surface area contributed by atoms with E-state index in [2.05, 4.69) is 0 Å². The fourth-order valence-corrected chi connectivity index (χ4v) is 2.95.